The van der Waals surface area contributed by atoms with E-state index in [0.717, 1.165) is 38.7 Å². The summed E-state index contributed by atoms with van der Waals surface area (Å²) in [4.78, 5) is 17.5. The Morgan fingerprint density at radius 2 is 1.70 bits per heavy atom. The summed E-state index contributed by atoms with van der Waals surface area (Å²) in [5, 5.41) is 11.1. The van der Waals surface area contributed by atoms with E-state index in [1.165, 1.54) is 0 Å². The van der Waals surface area contributed by atoms with E-state index in [0.29, 0.717) is 0 Å². The largest absolute Gasteiger partial charge is 0.497 e. The van der Waals surface area contributed by atoms with Gasteiger partial charge in [-0.3, -0.25) is 0 Å². The van der Waals surface area contributed by atoms with E-state index >= 15 is 0 Å². The van der Waals surface area contributed by atoms with E-state index < -0.39 is 5.97 Å². The number of H-pyrrole nitrogens is 2. The number of rotatable bonds is 3. The molecule has 0 bridgehead atoms. The molecule has 23 heavy (non-hydrogen) atoms. The fraction of sp³-hybridized carbons (Fsp3) is 0.0556. The maximum Gasteiger partial charge on any atom is 0.335 e. The second-order valence-corrected chi connectivity index (χ2v) is 5.38. The van der Waals surface area contributed by atoms with E-state index in [-0.39, 0.29) is 5.56 Å². The molecule has 0 aliphatic heterocycles. The van der Waals surface area contributed by atoms with Crippen molar-refractivity contribution >= 4 is 27.8 Å². The zero-order valence-corrected chi connectivity index (χ0v) is 12.4. The van der Waals surface area contributed by atoms with E-state index in [9.17, 15) is 4.79 Å². The quantitative estimate of drug-likeness (QED) is 0.535. The number of carbonyl (C=O) groups is 1. The number of aromatic amines is 2. The molecule has 4 aromatic rings. The summed E-state index contributed by atoms with van der Waals surface area (Å²) in [7, 11) is 1.65. The van der Waals surface area contributed by atoms with Gasteiger partial charge >= 0.3 is 5.97 Å². The molecule has 2 aromatic heterocycles. The number of ether oxygens (including phenoxy) is 1. The van der Waals surface area contributed by atoms with Crippen molar-refractivity contribution in [2.45, 2.75) is 0 Å². The van der Waals surface area contributed by atoms with Gasteiger partial charge in [0.2, 0.25) is 0 Å². The molecule has 4 rings (SSSR count). The minimum Gasteiger partial charge on any atom is -0.497 e. The number of aromatic carboxylic acids is 1. The van der Waals surface area contributed by atoms with Gasteiger partial charge < -0.3 is 19.8 Å². The van der Waals surface area contributed by atoms with Crippen molar-refractivity contribution in [2.75, 3.05) is 7.11 Å². The maximum atomic E-state index is 11.1. The zero-order chi connectivity index (χ0) is 16.0. The lowest BCUT2D eigenvalue weighted by molar-refractivity contribution is 0.0697. The first-order chi connectivity index (χ1) is 11.2. The number of aromatic nitrogens is 2. The van der Waals surface area contributed by atoms with Crippen LogP contribution in [0.25, 0.3) is 32.9 Å². The third-order valence-electron chi connectivity index (χ3n) is 4.11. The first-order valence-corrected chi connectivity index (χ1v) is 7.17. The Bertz CT molecular complexity index is 1040. The summed E-state index contributed by atoms with van der Waals surface area (Å²) in [6, 6.07) is 11.0. The topological polar surface area (TPSA) is 78.1 Å². The number of fused-ring (bicyclic) bond motifs is 2. The highest BCUT2D eigenvalue weighted by Gasteiger charge is 2.13. The molecular formula is C18H14N2O3. The number of benzene rings is 2. The molecule has 0 unspecified atom stereocenters. The summed E-state index contributed by atoms with van der Waals surface area (Å²) >= 11 is 0. The van der Waals surface area contributed by atoms with Crippen LogP contribution < -0.4 is 4.74 Å². The predicted octanol–water partition coefficient (Wildman–Crippen LogP) is 4.02. The van der Waals surface area contributed by atoms with Gasteiger partial charge in [-0.25, -0.2) is 4.79 Å². The van der Waals surface area contributed by atoms with Gasteiger partial charge in [-0.2, -0.15) is 0 Å². The Labute approximate surface area is 131 Å². The van der Waals surface area contributed by atoms with Crippen molar-refractivity contribution in [3.8, 4) is 16.9 Å². The fourth-order valence-corrected chi connectivity index (χ4v) is 2.93. The molecule has 0 aliphatic carbocycles. The van der Waals surface area contributed by atoms with E-state index in [2.05, 4.69) is 9.97 Å². The molecule has 0 saturated heterocycles. The summed E-state index contributed by atoms with van der Waals surface area (Å²) in [6.45, 7) is 0. The summed E-state index contributed by atoms with van der Waals surface area (Å²) in [5.74, 6) is -0.133. The highest BCUT2D eigenvalue weighted by molar-refractivity contribution is 6.06. The van der Waals surface area contributed by atoms with Crippen LogP contribution in [0.15, 0.2) is 48.8 Å². The first kappa shape index (κ1) is 13.5. The number of hydrogen-bond donors (Lipinski definition) is 3. The molecule has 2 heterocycles. The average molecular weight is 306 g/mol. The Kier molecular flexibility index (Phi) is 2.87. The Hall–Kier alpha value is -3.21. The van der Waals surface area contributed by atoms with Gasteiger partial charge in [0, 0.05) is 45.3 Å². The van der Waals surface area contributed by atoms with Gasteiger partial charge in [0.25, 0.3) is 0 Å². The summed E-state index contributed by atoms with van der Waals surface area (Å²) in [5.41, 5.74) is 4.17. The number of hydrogen-bond acceptors (Lipinski definition) is 2. The van der Waals surface area contributed by atoms with Gasteiger partial charge in [-0.15, -0.1) is 0 Å². The zero-order valence-electron chi connectivity index (χ0n) is 12.4. The molecule has 114 valence electrons. The second-order valence-electron chi connectivity index (χ2n) is 5.38. The lowest BCUT2D eigenvalue weighted by Gasteiger charge is -2.02. The van der Waals surface area contributed by atoms with Gasteiger partial charge in [-0.05, 0) is 30.3 Å². The third kappa shape index (κ3) is 2.05. The molecule has 0 saturated carbocycles. The van der Waals surface area contributed by atoms with Crippen LogP contribution in [0.1, 0.15) is 10.4 Å². The molecule has 0 aliphatic rings. The molecule has 0 fully saturated rings. The molecule has 5 heteroatoms. The molecule has 5 nitrogen and oxygen atoms in total. The van der Waals surface area contributed by atoms with Crippen molar-refractivity contribution < 1.29 is 14.6 Å². The smallest absolute Gasteiger partial charge is 0.335 e. The van der Waals surface area contributed by atoms with Gasteiger partial charge in [-0.1, -0.05) is 6.07 Å². The lowest BCUT2D eigenvalue weighted by Crippen LogP contribution is -1.94. The first-order valence-electron chi connectivity index (χ1n) is 7.17. The average Bonchev–Trinajstić information content (AvgIpc) is 3.16. The highest BCUT2D eigenvalue weighted by Crippen LogP contribution is 2.35. The van der Waals surface area contributed by atoms with Crippen LogP contribution in [0.5, 0.6) is 5.75 Å². The summed E-state index contributed by atoms with van der Waals surface area (Å²) < 4.78 is 5.31. The van der Waals surface area contributed by atoms with Crippen molar-refractivity contribution in [2.24, 2.45) is 0 Å². The number of carboxylic acid groups (broad SMARTS) is 1. The minimum absolute atomic E-state index is 0.270. The Balaban J connectivity index is 1.94. The van der Waals surface area contributed by atoms with E-state index in [1.807, 2.05) is 36.7 Å². The monoisotopic (exact) mass is 306 g/mol. The summed E-state index contributed by atoms with van der Waals surface area (Å²) in [6.07, 6.45) is 3.86. The van der Waals surface area contributed by atoms with Crippen molar-refractivity contribution in [1.29, 1.82) is 0 Å². The highest BCUT2D eigenvalue weighted by atomic mass is 16.5. The van der Waals surface area contributed by atoms with Crippen LogP contribution in [0, 0.1) is 0 Å². The molecule has 0 atom stereocenters. The maximum absolute atomic E-state index is 11.1. The van der Waals surface area contributed by atoms with Crippen LogP contribution in [0.4, 0.5) is 0 Å². The lowest BCUT2D eigenvalue weighted by atomic mass is 10.0. The van der Waals surface area contributed by atoms with E-state index in [1.54, 1.807) is 19.2 Å². The van der Waals surface area contributed by atoms with Gasteiger partial charge in [0.15, 0.2) is 0 Å². The van der Waals surface area contributed by atoms with Crippen LogP contribution in [0.2, 0.25) is 0 Å². The third-order valence-corrected chi connectivity index (χ3v) is 4.11. The molecule has 0 amide bonds. The van der Waals surface area contributed by atoms with Gasteiger partial charge in [0.1, 0.15) is 5.75 Å². The minimum atomic E-state index is -0.931. The predicted molar refractivity (Wildman–Crippen MR) is 89.1 cm³/mol. The van der Waals surface area contributed by atoms with Crippen LogP contribution in [-0.2, 0) is 0 Å². The van der Waals surface area contributed by atoms with Crippen molar-refractivity contribution in [3.05, 3.63) is 54.4 Å². The Morgan fingerprint density at radius 3 is 2.43 bits per heavy atom. The number of carboxylic acids is 1. The van der Waals surface area contributed by atoms with Gasteiger partial charge in [0.05, 0.1) is 12.7 Å². The standard InChI is InChI=1S/C18H14N2O3/c1-23-11-3-5-16-13(7-11)15(9-19-16)14-8-20-17-6-10(18(21)22)2-4-12(14)17/h2-9,19-20H,1H3,(H,21,22). The fourth-order valence-electron chi connectivity index (χ4n) is 2.93. The molecular weight excluding hydrogens is 292 g/mol. The number of nitrogens with one attached hydrogen (secondary N) is 2. The molecule has 0 spiro atoms. The van der Waals surface area contributed by atoms with Crippen LogP contribution >= 0.6 is 0 Å². The van der Waals surface area contributed by atoms with Crippen molar-refractivity contribution in [3.63, 3.8) is 0 Å². The normalized spacial score (nSPS) is 11.2. The SMILES string of the molecule is COc1ccc2[nH]cc(-c3c[nH]c4cc(C(=O)O)ccc34)c2c1. The Morgan fingerprint density at radius 1 is 0.957 bits per heavy atom. The van der Waals surface area contributed by atoms with E-state index in [4.69, 9.17) is 9.84 Å². The molecule has 2 aromatic carbocycles. The van der Waals surface area contributed by atoms with Crippen LogP contribution in [0.3, 0.4) is 0 Å². The van der Waals surface area contributed by atoms with Crippen LogP contribution in [-0.4, -0.2) is 28.2 Å². The number of methoxy groups -OCH3 is 1. The molecule has 0 radical (unpaired) electrons. The molecule has 3 N–H and O–H groups in total. The van der Waals surface area contributed by atoms with Crippen molar-refractivity contribution in [1.82, 2.24) is 9.97 Å². The second kappa shape index (κ2) is 4.91.